The molecule has 0 radical (unpaired) electrons. The minimum absolute atomic E-state index is 0.292. The number of anilines is 2. The molecule has 3 aromatic carbocycles. The van der Waals surface area contributed by atoms with Gasteiger partial charge in [-0.05, 0) is 55.3 Å². The van der Waals surface area contributed by atoms with Gasteiger partial charge in [0, 0.05) is 11.6 Å². The number of nitrogens with zero attached hydrogens (tertiary/aromatic N) is 2. The van der Waals surface area contributed by atoms with Gasteiger partial charge in [-0.2, -0.15) is 0 Å². The van der Waals surface area contributed by atoms with Crippen LogP contribution < -0.4 is 19.4 Å². The van der Waals surface area contributed by atoms with Crippen molar-refractivity contribution in [2.75, 3.05) is 24.2 Å². The smallest absolute Gasteiger partial charge is 0.266 e. The molecule has 34 heavy (non-hydrogen) atoms. The van der Waals surface area contributed by atoms with Crippen molar-refractivity contribution in [3.63, 3.8) is 0 Å². The van der Waals surface area contributed by atoms with Gasteiger partial charge in [-0.1, -0.05) is 30.3 Å². The van der Waals surface area contributed by atoms with Gasteiger partial charge in [-0.15, -0.1) is 0 Å². The lowest BCUT2D eigenvalue weighted by molar-refractivity contribution is -0.126. The Bertz CT molecular complexity index is 1270. The molecule has 0 aromatic heterocycles. The van der Waals surface area contributed by atoms with Crippen molar-refractivity contribution in [3.05, 3.63) is 83.4 Å². The van der Waals surface area contributed by atoms with Gasteiger partial charge < -0.3 is 9.47 Å². The Hall–Kier alpha value is -3.84. The third-order valence-corrected chi connectivity index (χ3v) is 6.49. The first-order chi connectivity index (χ1) is 16.4. The Kier molecular flexibility index (Phi) is 5.49. The molecule has 2 aliphatic rings. The summed E-state index contributed by atoms with van der Waals surface area (Å²) in [5.41, 5.74) is 4.02. The van der Waals surface area contributed by atoms with Gasteiger partial charge in [-0.25, -0.2) is 9.96 Å². The lowest BCUT2D eigenvalue weighted by Crippen LogP contribution is -2.37. The first-order valence-corrected chi connectivity index (χ1v) is 11.1. The molecule has 2 heterocycles. The van der Waals surface area contributed by atoms with E-state index in [1.54, 1.807) is 31.4 Å². The maximum atomic E-state index is 13.8. The van der Waals surface area contributed by atoms with Gasteiger partial charge in [0.2, 0.25) is 5.91 Å². The number of para-hydroxylation sites is 1. The highest BCUT2D eigenvalue weighted by atomic mass is 16.7. The van der Waals surface area contributed by atoms with Gasteiger partial charge in [0.25, 0.3) is 5.91 Å². The molecule has 0 aliphatic carbocycles. The van der Waals surface area contributed by atoms with E-state index < -0.39 is 18.1 Å². The molecule has 0 saturated carbocycles. The van der Waals surface area contributed by atoms with Crippen LogP contribution in [0.1, 0.15) is 22.7 Å². The predicted octanol–water partition coefficient (Wildman–Crippen LogP) is 4.37. The molecular weight excluding hydrogens is 432 g/mol. The topological polar surface area (TPSA) is 68.3 Å². The van der Waals surface area contributed by atoms with Gasteiger partial charge in [0.1, 0.15) is 17.4 Å². The number of carbonyl (C=O) groups excluding carboxylic acids is 2. The van der Waals surface area contributed by atoms with Crippen LogP contribution >= 0.6 is 0 Å². The Morgan fingerprint density at radius 2 is 1.65 bits per heavy atom. The van der Waals surface area contributed by atoms with Crippen molar-refractivity contribution in [1.29, 1.82) is 0 Å². The van der Waals surface area contributed by atoms with Crippen LogP contribution in [-0.2, 0) is 14.4 Å². The normalized spacial score (nSPS) is 21.7. The fourth-order valence-corrected chi connectivity index (χ4v) is 4.83. The van der Waals surface area contributed by atoms with Crippen molar-refractivity contribution in [2.24, 2.45) is 5.92 Å². The van der Waals surface area contributed by atoms with E-state index in [1.165, 1.54) is 4.90 Å². The summed E-state index contributed by atoms with van der Waals surface area (Å²) in [6.07, 6.45) is -0.940. The molecule has 174 valence electrons. The highest BCUT2D eigenvalue weighted by Crippen LogP contribution is 2.50. The molecule has 7 nitrogen and oxygen atoms in total. The number of methoxy groups -OCH3 is 2. The van der Waals surface area contributed by atoms with E-state index in [4.69, 9.17) is 14.3 Å². The number of rotatable bonds is 5. The van der Waals surface area contributed by atoms with Crippen molar-refractivity contribution < 1.29 is 23.9 Å². The summed E-state index contributed by atoms with van der Waals surface area (Å²) in [6, 6.07) is 20.0. The molecule has 2 aliphatic heterocycles. The zero-order chi connectivity index (χ0) is 24.0. The Balaban J connectivity index is 1.65. The van der Waals surface area contributed by atoms with Gasteiger partial charge in [0.15, 0.2) is 6.10 Å². The summed E-state index contributed by atoms with van der Waals surface area (Å²) < 4.78 is 11.0. The van der Waals surface area contributed by atoms with E-state index in [9.17, 15) is 9.59 Å². The van der Waals surface area contributed by atoms with E-state index in [1.807, 2.05) is 68.4 Å². The number of amides is 2. The maximum absolute atomic E-state index is 13.8. The van der Waals surface area contributed by atoms with Crippen molar-refractivity contribution in [1.82, 2.24) is 0 Å². The van der Waals surface area contributed by atoms with Crippen molar-refractivity contribution in [2.45, 2.75) is 26.0 Å². The Labute approximate surface area is 198 Å². The lowest BCUT2D eigenvalue weighted by Gasteiger charge is -2.30. The summed E-state index contributed by atoms with van der Waals surface area (Å²) >= 11 is 0. The maximum Gasteiger partial charge on any atom is 0.266 e. The number of hydroxylamine groups is 1. The summed E-state index contributed by atoms with van der Waals surface area (Å²) in [7, 11) is 3.16. The number of aryl methyl sites for hydroxylation is 2. The Morgan fingerprint density at radius 1 is 0.853 bits per heavy atom. The van der Waals surface area contributed by atoms with Gasteiger partial charge in [-0.3, -0.25) is 14.4 Å². The van der Waals surface area contributed by atoms with Crippen LogP contribution in [0.4, 0.5) is 11.4 Å². The Morgan fingerprint density at radius 3 is 2.35 bits per heavy atom. The number of hydrogen-bond acceptors (Lipinski definition) is 6. The average Bonchev–Trinajstić information content (AvgIpc) is 3.34. The van der Waals surface area contributed by atoms with Crippen LogP contribution in [0.5, 0.6) is 11.5 Å². The summed E-state index contributed by atoms with van der Waals surface area (Å²) in [4.78, 5) is 34.8. The molecule has 0 bridgehead atoms. The monoisotopic (exact) mass is 458 g/mol. The minimum Gasteiger partial charge on any atom is -0.497 e. The number of ether oxygens (including phenoxy) is 2. The largest absolute Gasteiger partial charge is 0.497 e. The molecule has 0 unspecified atom stereocenters. The first kappa shape index (κ1) is 22.0. The van der Waals surface area contributed by atoms with E-state index in [0.717, 1.165) is 22.4 Å². The van der Waals surface area contributed by atoms with E-state index in [-0.39, 0.29) is 11.8 Å². The highest BCUT2D eigenvalue weighted by Gasteiger charge is 2.60. The number of fused-ring (bicyclic) bond motifs is 1. The average molecular weight is 459 g/mol. The van der Waals surface area contributed by atoms with Crippen molar-refractivity contribution in [3.8, 4) is 11.5 Å². The predicted molar refractivity (Wildman–Crippen MR) is 128 cm³/mol. The van der Waals surface area contributed by atoms with Crippen LogP contribution in [-0.4, -0.2) is 32.1 Å². The molecule has 2 amide bonds. The third-order valence-electron chi connectivity index (χ3n) is 6.49. The van der Waals surface area contributed by atoms with Crippen LogP contribution in [0, 0.1) is 19.8 Å². The zero-order valence-corrected chi connectivity index (χ0v) is 19.5. The number of imide groups is 1. The number of benzene rings is 3. The van der Waals surface area contributed by atoms with Crippen molar-refractivity contribution >= 4 is 23.2 Å². The fraction of sp³-hybridized carbons (Fsp3) is 0.259. The molecule has 7 heteroatoms. The van der Waals surface area contributed by atoms with Gasteiger partial charge >= 0.3 is 0 Å². The van der Waals surface area contributed by atoms with E-state index >= 15 is 0 Å². The van der Waals surface area contributed by atoms with Crippen LogP contribution in [0.25, 0.3) is 0 Å². The number of carbonyl (C=O) groups is 2. The molecule has 3 atom stereocenters. The minimum atomic E-state index is -0.940. The number of hydrogen-bond donors (Lipinski definition) is 0. The molecule has 2 fully saturated rings. The van der Waals surface area contributed by atoms with Gasteiger partial charge in [0.05, 0.1) is 31.6 Å². The SMILES string of the molecule is COc1ccc([C@@H]2[C@H]3C(=O)N(c4cccc(C)c4)C(=O)[C@H]3ON2c2ccccc2C)c(OC)c1. The molecule has 2 saturated heterocycles. The molecule has 5 rings (SSSR count). The fourth-order valence-electron chi connectivity index (χ4n) is 4.83. The molecular formula is C27H26N2O5. The first-order valence-electron chi connectivity index (χ1n) is 11.1. The molecule has 0 spiro atoms. The second-order valence-corrected chi connectivity index (χ2v) is 8.57. The summed E-state index contributed by atoms with van der Waals surface area (Å²) in [6.45, 7) is 3.90. The standard InChI is InChI=1S/C27H26N2O5/c1-16-8-7-10-18(14-16)28-26(30)23-24(20-13-12-19(32-3)15-22(20)33-4)29(34-25(23)27(28)31)21-11-6-5-9-17(21)2/h5-15,23-25H,1-4H3/t23-,24-,25+/m1/s1. The molecule has 0 N–H and O–H groups in total. The quantitative estimate of drug-likeness (QED) is 0.529. The second kappa shape index (κ2) is 8.50. The summed E-state index contributed by atoms with van der Waals surface area (Å²) in [5, 5.41) is 1.69. The van der Waals surface area contributed by atoms with Crippen LogP contribution in [0.3, 0.4) is 0 Å². The lowest BCUT2D eigenvalue weighted by atomic mass is 9.89. The third kappa shape index (κ3) is 3.40. The zero-order valence-electron chi connectivity index (χ0n) is 19.5. The van der Waals surface area contributed by atoms with E-state index in [2.05, 4.69) is 0 Å². The molecule has 3 aromatic rings. The van der Waals surface area contributed by atoms with Crippen LogP contribution in [0.15, 0.2) is 66.7 Å². The highest BCUT2D eigenvalue weighted by molar-refractivity contribution is 6.24. The van der Waals surface area contributed by atoms with Crippen LogP contribution in [0.2, 0.25) is 0 Å². The second-order valence-electron chi connectivity index (χ2n) is 8.57. The van der Waals surface area contributed by atoms with E-state index in [0.29, 0.717) is 17.2 Å². The summed E-state index contributed by atoms with van der Waals surface area (Å²) in [5.74, 6) is -0.209.